The van der Waals surface area contributed by atoms with Crippen LogP contribution in [0.2, 0.25) is 0 Å². The van der Waals surface area contributed by atoms with Crippen molar-refractivity contribution in [3.63, 3.8) is 0 Å². The first kappa shape index (κ1) is 15.7. The molecule has 0 bridgehead atoms. The summed E-state index contributed by atoms with van der Waals surface area (Å²) in [6.07, 6.45) is 0. The molecule has 3 aromatic rings. The van der Waals surface area contributed by atoms with Crippen LogP contribution in [0.3, 0.4) is 0 Å². The van der Waals surface area contributed by atoms with Gasteiger partial charge in [-0.3, -0.25) is 0 Å². The van der Waals surface area contributed by atoms with Gasteiger partial charge in [-0.05, 0) is 52.7 Å². The Labute approximate surface area is 152 Å². The highest BCUT2D eigenvalue weighted by Crippen LogP contribution is 2.43. The number of allylic oxidation sites excluding steroid dienone is 1. The van der Waals surface area contributed by atoms with Crippen molar-refractivity contribution in [2.75, 3.05) is 0 Å². The number of nitrogens with two attached hydrogens (primary N) is 1. The molecule has 2 N–H and O–H groups in total. The molecule has 1 atom stereocenters. The van der Waals surface area contributed by atoms with E-state index in [0.29, 0.717) is 11.3 Å². The molecular formula is C20H12BrFN2O. The summed E-state index contributed by atoms with van der Waals surface area (Å²) in [5, 5.41) is 11.6. The monoisotopic (exact) mass is 394 g/mol. The van der Waals surface area contributed by atoms with Gasteiger partial charge in [-0.1, -0.05) is 34.1 Å². The van der Waals surface area contributed by atoms with Crippen LogP contribution in [-0.4, -0.2) is 0 Å². The Balaban J connectivity index is 1.98. The molecule has 1 aliphatic heterocycles. The zero-order valence-corrected chi connectivity index (χ0v) is 14.5. The summed E-state index contributed by atoms with van der Waals surface area (Å²) in [6.45, 7) is 0. The molecule has 5 heteroatoms. The van der Waals surface area contributed by atoms with Gasteiger partial charge in [0.05, 0.1) is 5.92 Å². The Morgan fingerprint density at radius 2 is 1.80 bits per heavy atom. The quantitative estimate of drug-likeness (QED) is 0.634. The Kier molecular flexibility index (Phi) is 3.70. The lowest BCUT2D eigenvalue weighted by Crippen LogP contribution is -2.21. The second-order valence-electron chi connectivity index (χ2n) is 5.86. The molecule has 1 aliphatic rings. The highest BCUT2D eigenvalue weighted by molar-refractivity contribution is 9.10. The first-order valence-corrected chi connectivity index (χ1v) is 8.42. The molecule has 0 radical (unpaired) electrons. The van der Waals surface area contributed by atoms with Gasteiger partial charge in [0, 0.05) is 10.0 Å². The molecule has 1 heterocycles. The molecule has 0 spiro atoms. The van der Waals surface area contributed by atoms with Crippen molar-refractivity contribution >= 4 is 26.7 Å². The molecule has 3 aromatic carbocycles. The minimum absolute atomic E-state index is 0.0841. The predicted molar refractivity (Wildman–Crippen MR) is 97.3 cm³/mol. The molecule has 0 aliphatic carbocycles. The van der Waals surface area contributed by atoms with Crippen LogP contribution in [0, 0.1) is 17.1 Å². The smallest absolute Gasteiger partial charge is 0.205 e. The minimum atomic E-state index is -0.391. The van der Waals surface area contributed by atoms with E-state index >= 15 is 0 Å². The average molecular weight is 395 g/mol. The highest BCUT2D eigenvalue weighted by Gasteiger charge is 2.30. The molecule has 25 heavy (non-hydrogen) atoms. The van der Waals surface area contributed by atoms with Crippen LogP contribution in [0.1, 0.15) is 17.0 Å². The van der Waals surface area contributed by atoms with Crippen LogP contribution in [0.15, 0.2) is 70.5 Å². The molecule has 0 aromatic heterocycles. The van der Waals surface area contributed by atoms with E-state index in [9.17, 15) is 9.65 Å². The number of rotatable bonds is 1. The maximum atomic E-state index is 13.3. The number of nitriles is 1. The van der Waals surface area contributed by atoms with Crippen LogP contribution in [0.4, 0.5) is 4.39 Å². The fraction of sp³-hybridized carbons (Fsp3) is 0.0500. The summed E-state index contributed by atoms with van der Waals surface area (Å²) in [5.41, 5.74) is 7.94. The number of halogens is 2. The predicted octanol–water partition coefficient (Wildman–Crippen LogP) is 4.96. The molecule has 0 unspecified atom stereocenters. The highest BCUT2D eigenvalue weighted by atomic mass is 79.9. The van der Waals surface area contributed by atoms with Crippen molar-refractivity contribution < 1.29 is 9.13 Å². The van der Waals surface area contributed by atoms with Gasteiger partial charge in [0.2, 0.25) is 5.88 Å². The van der Waals surface area contributed by atoms with Crippen LogP contribution in [0.5, 0.6) is 5.75 Å². The van der Waals surface area contributed by atoms with Crippen molar-refractivity contribution in [1.82, 2.24) is 0 Å². The van der Waals surface area contributed by atoms with E-state index in [4.69, 9.17) is 10.5 Å². The molecule has 0 saturated carbocycles. The first-order chi connectivity index (χ1) is 12.1. The van der Waals surface area contributed by atoms with Crippen LogP contribution >= 0.6 is 15.9 Å². The molecule has 3 nitrogen and oxygen atoms in total. The summed E-state index contributed by atoms with van der Waals surface area (Å²) in [4.78, 5) is 0. The van der Waals surface area contributed by atoms with Gasteiger partial charge >= 0.3 is 0 Å². The summed E-state index contributed by atoms with van der Waals surface area (Å²) in [5.74, 6) is -0.0203. The Morgan fingerprint density at radius 1 is 1.04 bits per heavy atom. The second kappa shape index (κ2) is 5.91. The van der Waals surface area contributed by atoms with Crippen molar-refractivity contribution in [1.29, 1.82) is 5.26 Å². The molecular weight excluding hydrogens is 383 g/mol. The molecule has 122 valence electrons. The summed E-state index contributed by atoms with van der Waals surface area (Å²) in [7, 11) is 0. The van der Waals surface area contributed by atoms with Crippen LogP contribution < -0.4 is 10.5 Å². The van der Waals surface area contributed by atoms with Crippen molar-refractivity contribution in [2.24, 2.45) is 5.73 Å². The third-order valence-electron chi connectivity index (χ3n) is 4.34. The lowest BCUT2D eigenvalue weighted by Gasteiger charge is -2.27. The van der Waals surface area contributed by atoms with E-state index in [2.05, 4.69) is 22.0 Å². The third kappa shape index (κ3) is 2.65. The number of nitrogens with zero attached hydrogens (tertiary/aromatic N) is 1. The van der Waals surface area contributed by atoms with E-state index in [1.54, 1.807) is 12.1 Å². The lowest BCUT2D eigenvalue weighted by atomic mass is 9.82. The standard InChI is InChI=1S/C20H12BrFN2O/c21-14-4-1-12-9-18-16(8-13(12)7-14)19(17(10-23)20(24)25-18)11-2-5-15(22)6-3-11/h1-9,19H,24H2/t19-/m1/s1. The zero-order valence-electron chi connectivity index (χ0n) is 13.0. The van der Waals surface area contributed by atoms with Gasteiger partial charge in [-0.25, -0.2) is 4.39 Å². The largest absolute Gasteiger partial charge is 0.440 e. The van der Waals surface area contributed by atoms with Crippen molar-refractivity contribution in [3.8, 4) is 11.8 Å². The van der Waals surface area contributed by atoms with E-state index in [0.717, 1.165) is 26.4 Å². The van der Waals surface area contributed by atoms with Gasteiger partial charge in [0.1, 0.15) is 23.2 Å². The number of fused-ring (bicyclic) bond motifs is 2. The van der Waals surface area contributed by atoms with E-state index in [1.165, 1.54) is 12.1 Å². The summed E-state index contributed by atoms with van der Waals surface area (Å²) < 4.78 is 20.0. The maximum Gasteiger partial charge on any atom is 0.205 e. The lowest BCUT2D eigenvalue weighted by molar-refractivity contribution is 0.394. The second-order valence-corrected chi connectivity index (χ2v) is 6.77. The third-order valence-corrected chi connectivity index (χ3v) is 4.83. The molecule has 0 amide bonds. The van der Waals surface area contributed by atoms with Gasteiger partial charge in [0.25, 0.3) is 0 Å². The Bertz CT molecular complexity index is 1070. The number of hydrogen-bond acceptors (Lipinski definition) is 3. The Hall–Kier alpha value is -2.84. The number of benzene rings is 3. The number of ether oxygens (including phenoxy) is 1. The first-order valence-electron chi connectivity index (χ1n) is 7.63. The van der Waals surface area contributed by atoms with Crippen molar-refractivity contribution in [2.45, 2.75) is 5.92 Å². The van der Waals surface area contributed by atoms with Crippen LogP contribution in [0.25, 0.3) is 10.8 Å². The fourth-order valence-corrected chi connectivity index (χ4v) is 3.55. The Morgan fingerprint density at radius 3 is 2.52 bits per heavy atom. The molecule has 0 saturated heterocycles. The minimum Gasteiger partial charge on any atom is -0.440 e. The zero-order chi connectivity index (χ0) is 17.6. The van der Waals surface area contributed by atoms with Gasteiger partial charge in [0.15, 0.2) is 0 Å². The SMILES string of the molecule is N#CC1=C(N)Oc2cc3ccc(Br)cc3cc2[C@H]1c1ccc(F)cc1. The fourth-order valence-electron chi connectivity index (χ4n) is 3.17. The molecule has 0 fully saturated rings. The van der Waals surface area contributed by atoms with Gasteiger partial charge < -0.3 is 10.5 Å². The van der Waals surface area contributed by atoms with Gasteiger partial charge in [-0.15, -0.1) is 0 Å². The summed E-state index contributed by atoms with van der Waals surface area (Å²) in [6, 6.07) is 18.1. The average Bonchev–Trinajstić information content (AvgIpc) is 2.60. The van der Waals surface area contributed by atoms with Crippen LogP contribution in [-0.2, 0) is 0 Å². The normalized spacial score (nSPS) is 16.3. The van der Waals surface area contributed by atoms with Gasteiger partial charge in [-0.2, -0.15) is 5.26 Å². The van der Waals surface area contributed by atoms with E-state index < -0.39 is 5.92 Å². The maximum absolute atomic E-state index is 13.3. The van der Waals surface area contributed by atoms with Crippen molar-refractivity contribution in [3.05, 3.63) is 87.5 Å². The van der Waals surface area contributed by atoms with E-state index in [1.807, 2.05) is 30.3 Å². The molecule has 4 rings (SSSR count). The summed E-state index contributed by atoms with van der Waals surface area (Å²) >= 11 is 3.48. The topological polar surface area (TPSA) is 59.0 Å². The van der Waals surface area contributed by atoms with E-state index in [-0.39, 0.29) is 11.7 Å². The number of hydrogen-bond donors (Lipinski definition) is 1.